The van der Waals surface area contributed by atoms with Crippen molar-refractivity contribution >= 4 is 23.1 Å². The fourth-order valence-corrected chi connectivity index (χ4v) is 4.18. The van der Waals surface area contributed by atoms with E-state index in [1.807, 2.05) is 36.6 Å². The van der Waals surface area contributed by atoms with Gasteiger partial charge >= 0.3 is 6.18 Å². The summed E-state index contributed by atoms with van der Waals surface area (Å²) in [5.41, 5.74) is 1.85. The molecule has 1 amide bonds. The molecule has 1 aromatic carbocycles. The van der Waals surface area contributed by atoms with Gasteiger partial charge in [0.2, 0.25) is 0 Å². The van der Waals surface area contributed by atoms with Crippen LogP contribution >= 0.6 is 11.3 Å². The minimum atomic E-state index is -4.40. The predicted octanol–water partition coefficient (Wildman–Crippen LogP) is 4.99. The fourth-order valence-electron chi connectivity index (χ4n) is 3.33. The minimum absolute atomic E-state index is 0.0123. The van der Waals surface area contributed by atoms with E-state index in [1.165, 1.54) is 28.5 Å². The van der Waals surface area contributed by atoms with Crippen molar-refractivity contribution in [2.24, 2.45) is 0 Å². The van der Waals surface area contributed by atoms with Crippen LogP contribution in [0.15, 0.2) is 48.0 Å². The molecule has 0 fully saturated rings. The lowest BCUT2D eigenvalue weighted by atomic mass is 10.1. The number of amides is 1. The molecule has 152 valence electrons. The number of carbonyl (C=O) groups excluding carboxylic acids is 1. The number of anilines is 1. The Hall–Kier alpha value is -2.81. The first-order valence-corrected chi connectivity index (χ1v) is 9.90. The van der Waals surface area contributed by atoms with E-state index in [-0.39, 0.29) is 24.7 Å². The third-order valence-electron chi connectivity index (χ3n) is 4.82. The van der Waals surface area contributed by atoms with Gasteiger partial charge in [0.15, 0.2) is 6.04 Å². The molecule has 9 heteroatoms. The van der Waals surface area contributed by atoms with E-state index < -0.39 is 12.2 Å². The molecule has 1 unspecified atom stereocenters. The molecule has 3 aromatic rings. The zero-order valence-electron chi connectivity index (χ0n) is 15.5. The van der Waals surface area contributed by atoms with Crippen molar-refractivity contribution in [3.05, 3.63) is 64.0 Å². The van der Waals surface area contributed by atoms with Gasteiger partial charge in [-0.25, -0.2) is 4.68 Å². The maximum atomic E-state index is 13.2. The number of thiophene rings is 1. The molecule has 5 nitrogen and oxygen atoms in total. The lowest BCUT2D eigenvalue weighted by Gasteiger charge is -2.33. The number of alkyl halides is 3. The Bertz CT molecular complexity index is 1030. The van der Waals surface area contributed by atoms with Crippen LogP contribution in [0.4, 0.5) is 19.0 Å². The summed E-state index contributed by atoms with van der Waals surface area (Å²) >= 11 is 1.25. The first kappa shape index (κ1) is 19.5. The molecule has 0 saturated heterocycles. The maximum Gasteiger partial charge on any atom is 0.410 e. The average molecular weight is 421 g/mol. The highest BCUT2D eigenvalue weighted by Crippen LogP contribution is 2.39. The molecule has 0 aliphatic carbocycles. The molecule has 1 aliphatic rings. The van der Waals surface area contributed by atoms with Crippen molar-refractivity contribution < 1.29 is 22.7 Å². The number of hydrogen-bond acceptors (Lipinski definition) is 4. The third kappa shape index (κ3) is 3.87. The SMILES string of the molecule is Cc1ccccc1OCc1csc(C(=O)N2CCC(C(F)(F)F)n3nccc32)c1. The first-order chi connectivity index (χ1) is 13.8. The van der Waals surface area contributed by atoms with Crippen molar-refractivity contribution in [1.82, 2.24) is 9.78 Å². The summed E-state index contributed by atoms with van der Waals surface area (Å²) < 4.78 is 46.4. The largest absolute Gasteiger partial charge is 0.489 e. The Morgan fingerprint density at radius 1 is 1.31 bits per heavy atom. The zero-order valence-corrected chi connectivity index (χ0v) is 16.3. The topological polar surface area (TPSA) is 47.4 Å². The number of carbonyl (C=O) groups is 1. The molecule has 1 atom stereocenters. The Kier molecular flexibility index (Phi) is 5.08. The van der Waals surface area contributed by atoms with Crippen molar-refractivity contribution in [3.63, 3.8) is 0 Å². The highest BCUT2D eigenvalue weighted by atomic mass is 32.1. The molecule has 29 heavy (non-hydrogen) atoms. The summed E-state index contributed by atoms with van der Waals surface area (Å²) in [5.74, 6) is 0.596. The number of nitrogens with zero attached hydrogens (tertiary/aromatic N) is 3. The zero-order chi connectivity index (χ0) is 20.6. The van der Waals surface area contributed by atoms with Gasteiger partial charge in [-0.15, -0.1) is 11.3 Å². The van der Waals surface area contributed by atoms with Gasteiger partial charge in [0.1, 0.15) is 18.2 Å². The Morgan fingerprint density at radius 3 is 2.86 bits per heavy atom. The molecular formula is C20H18F3N3O2S. The van der Waals surface area contributed by atoms with Crippen molar-refractivity contribution in [1.29, 1.82) is 0 Å². The number of para-hydroxylation sites is 1. The van der Waals surface area contributed by atoms with E-state index >= 15 is 0 Å². The smallest absolute Gasteiger partial charge is 0.410 e. The van der Waals surface area contributed by atoms with Gasteiger partial charge in [0.25, 0.3) is 5.91 Å². The standard InChI is InChI=1S/C20H18F3N3O2S/c1-13-4-2-3-5-15(13)28-11-14-10-16(29-12-14)19(27)25-9-7-17(20(21,22)23)26-18(25)6-8-24-26/h2-6,8,10,12,17H,7,9,11H2,1H3. The van der Waals surface area contributed by atoms with Crippen LogP contribution in [-0.2, 0) is 6.61 Å². The van der Waals surface area contributed by atoms with Gasteiger partial charge in [-0.2, -0.15) is 18.3 Å². The lowest BCUT2D eigenvalue weighted by molar-refractivity contribution is -0.172. The quantitative estimate of drug-likeness (QED) is 0.597. The second-order valence-electron chi connectivity index (χ2n) is 6.81. The monoisotopic (exact) mass is 421 g/mol. The molecule has 0 bridgehead atoms. The van der Waals surface area contributed by atoms with Crippen molar-refractivity contribution in [2.75, 3.05) is 11.4 Å². The number of aromatic nitrogens is 2. The van der Waals surface area contributed by atoms with Crippen LogP contribution in [0.25, 0.3) is 0 Å². The van der Waals surface area contributed by atoms with Gasteiger partial charge in [0, 0.05) is 18.2 Å². The highest BCUT2D eigenvalue weighted by molar-refractivity contribution is 7.12. The second kappa shape index (κ2) is 7.55. The van der Waals surface area contributed by atoms with E-state index in [0.29, 0.717) is 11.5 Å². The summed E-state index contributed by atoms with van der Waals surface area (Å²) in [6.07, 6.45) is -3.34. The summed E-state index contributed by atoms with van der Waals surface area (Å²) in [6.45, 7) is 2.25. The summed E-state index contributed by atoms with van der Waals surface area (Å²) in [7, 11) is 0. The first-order valence-electron chi connectivity index (χ1n) is 9.02. The predicted molar refractivity (Wildman–Crippen MR) is 103 cm³/mol. The van der Waals surface area contributed by atoms with Crippen LogP contribution in [0.1, 0.15) is 33.3 Å². The second-order valence-corrected chi connectivity index (χ2v) is 7.72. The molecule has 0 N–H and O–H groups in total. The number of hydrogen-bond donors (Lipinski definition) is 0. The summed E-state index contributed by atoms with van der Waals surface area (Å²) in [5, 5.41) is 5.62. The highest BCUT2D eigenvalue weighted by Gasteiger charge is 2.45. The van der Waals surface area contributed by atoms with E-state index in [1.54, 1.807) is 6.07 Å². The van der Waals surface area contributed by atoms with Gasteiger partial charge in [-0.05, 0) is 36.4 Å². The normalized spacial score (nSPS) is 16.6. The van der Waals surface area contributed by atoms with E-state index in [9.17, 15) is 18.0 Å². The van der Waals surface area contributed by atoms with Gasteiger partial charge in [-0.1, -0.05) is 18.2 Å². The average Bonchev–Trinajstić information content (AvgIpc) is 3.35. The van der Waals surface area contributed by atoms with Gasteiger partial charge < -0.3 is 4.74 Å². The van der Waals surface area contributed by atoms with Crippen LogP contribution in [-0.4, -0.2) is 28.4 Å². The molecule has 4 rings (SSSR count). The number of benzene rings is 1. The minimum Gasteiger partial charge on any atom is -0.489 e. The fraction of sp³-hybridized carbons (Fsp3) is 0.300. The van der Waals surface area contributed by atoms with Crippen LogP contribution < -0.4 is 9.64 Å². The van der Waals surface area contributed by atoms with Crippen molar-refractivity contribution in [3.8, 4) is 5.75 Å². The Labute approximate surface area is 169 Å². The summed E-state index contributed by atoms with van der Waals surface area (Å²) in [6, 6.07) is 9.09. The molecular weight excluding hydrogens is 403 g/mol. The van der Waals surface area contributed by atoms with Crippen LogP contribution in [0, 0.1) is 6.92 Å². The van der Waals surface area contributed by atoms with Gasteiger partial charge in [-0.3, -0.25) is 9.69 Å². The number of ether oxygens (including phenoxy) is 1. The number of rotatable bonds is 4. The molecule has 3 heterocycles. The van der Waals surface area contributed by atoms with Gasteiger partial charge in [0.05, 0.1) is 11.1 Å². The maximum absolute atomic E-state index is 13.2. The molecule has 2 aromatic heterocycles. The number of fused-ring (bicyclic) bond motifs is 1. The lowest BCUT2D eigenvalue weighted by Crippen LogP contribution is -2.42. The Morgan fingerprint density at radius 2 is 2.10 bits per heavy atom. The number of aryl methyl sites for hydroxylation is 1. The molecule has 0 radical (unpaired) electrons. The molecule has 0 saturated carbocycles. The van der Waals surface area contributed by atoms with E-state index in [4.69, 9.17) is 4.74 Å². The van der Waals surface area contributed by atoms with E-state index in [0.717, 1.165) is 21.6 Å². The molecule has 0 spiro atoms. The van der Waals surface area contributed by atoms with E-state index in [2.05, 4.69) is 5.10 Å². The third-order valence-corrected chi connectivity index (χ3v) is 5.79. The van der Waals surface area contributed by atoms with Crippen LogP contribution in [0.5, 0.6) is 5.75 Å². The Balaban J connectivity index is 1.49. The van der Waals surface area contributed by atoms with Crippen LogP contribution in [0.3, 0.4) is 0 Å². The number of halogens is 3. The van der Waals surface area contributed by atoms with Crippen molar-refractivity contribution in [2.45, 2.75) is 32.2 Å². The van der Waals surface area contributed by atoms with Crippen LogP contribution in [0.2, 0.25) is 0 Å². The summed E-state index contributed by atoms with van der Waals surface area (Å²) in [4.78, 5) is 14.7. The molecule has 1 aliphatic heterocycles.